The highest BCUT2D eigenvalue weighted by molar-refractivity contribution is 5.98. The summed E-state index contributed by atoms with van der Waals surface area (Å²) in [6.45, 7) is 0. The molecular formula is C17H15NO3. The molecule has 0 aromatic heterocycles. The predicted molar refractivity (Wildman–Crippen MR) is 78.0 cm³/mol. The lowest BCUT2D eigenvalue weighted by Crippen LogP contribution is -2.50. The first-order valence-electron chi connectivity index (χ1n) is 6.83. The molecule has 4 heteroatoms. The van der Waals surface area contributed by atoms with Gasteiger partial charge in [0.15, 0.2) is 5.54 Å². The van der Waals surface area contributed by atoms with Gasteiger partial charge in [0.25, 0.3) is 5.91 Å². The molecule has 0 heterocycles. The topological polar surface area (TPSA) is 66.4 Å². The zero-order chi connectivity index (χ0) is 14.9. The van der Waals surface area contributed by atoms with Crippen LogP contribution >= 0.6 is 0 Å². The Labute approximate surface area is 122 Å². The number of carboxylic acids is 1. The molecule has 0 saturated carbocycles. The van der Waals surface area contributed by atoms with Gasteiger partial charge in [0.05, 0.1) is 0 Å². The van der Waals surface area contributed by atoms with Crippen molar-refractivity contribution < 1.29 is 14.7 Å². The third-order valence-corrected chi connectivity index (χ3v) is 3.97. The molecule has 1 aliphatic carbocycles. The SMILES string of the molecule is O=C(NC1(C(=O)O)CCc2ccccc21)c1ccccc1. The number of carbonyl (C=O) groups is 2. The van der Waals surface area contributed by atoms with Crippen molar-refractivity contribution in [1.29, 1.82) is 0 Å². The van der Waals surface area contributed by atoms with Crippen LogP contribution in [-0.4, -0.2) is 17.0 Å². The number of hydrogen-bond donors (Lipinski definition) is 2. The molecule has 0 aliphatic heterocycles. The van der Waals surface area contributed by atoms with E-state index in [4.69, 9.17) is 0 Å². The summed E-state index contributed by atoms with van der Waals surface area (Å²) in [5.74, 6) is -1.38. The number of carbonyl (C=O) groups excluding carboxylic acids is 1. The average Bonchev–Trinajstić information content (AvgIpc) is 2.88. The van der Waals surface area contributed by atoms with Crippen molar-refractivity contribution in [2.24, 2.45) is 0 Å². The third-order valence-electron chi connectivity index (χ3n) is 3.97. The maximum absolute atomic E-state index is 12.3. The molecule has 1 atom stereocenters. The van der Waals surface area contributed by atoms with Gasteiger partial charge in [-0.3, -0.25) is 4.79 Å². The summed E-state index contributed by atoms with van der Waals surface area (Å²) in [7, 11) is 0. The minimum absolute atomic E-state index is 0.366. The van der Waals surface area contributed by atoms with Gasteiger partial charge in [-0.25, -0.2) is 4.79 Å². The number of hydrogen-bond acceptors (Lipinski definition) is 2. The van der Waals surface area contributed by atoms with E-state index in [1.807, 2.05) is 18.2 Å². The summed E-state index contributed by atoms with van der Waals surface area (Å²) in [5.41, 5.74) is 0.793. The normalized spacial score (nSPS) is 19.8. The molecule has 0 fully saturated rings. The molecule has 0 radical (unpaired) electrons. The van der Waals surface area contributed by atoms with Gasteiger partial charge in [-0.05, 0) is 36.1 Å². The Morgan fingerprint density at radius 2 is 1.67 bits per heavy atom. The third kappa shape index (κ3) is 2.18. The highest BCUT2D eigenvalue weighted by Crippen LogP contribution is 2.37. The van der Waals surface area contributed by atoms with E-state index in [0.717, 1.165) is 5.56 Å². The van der Waals surface area contributed by atoms with E-state index in [-0.39, 0.29) is 5.91 Å². The van der Waals surface area contributed by atoms with Crippen LogP contribution in [0.5, 0.6) is 0 Å². The molecule has 0 spiro atoms. The Kier molecular flexibility index (Phi) is 3.22. The Morgan fingerprint density at radius 3 is 2.38 bits per heavy atom. The van der Waals surface area contributed by atoms with Crippen molar-refractivity contribution in [3.05, 3.63) is 71.3 Å². The lowest BCUT2D eigenvalue weighted by molar-refractivity contribution is -0.144. The summed E-state index contributed by atoms with van der Waals surface area (Å²) in [6, 6.07) is 16.0. The second-order valence-corrected chi connectivity index (χ2v) is 5.19. The molecule has 2 N–H and O–H groups in total. The zero-order valence-corrected chi connectivity index (χ0v) is 11.4. The number of aryl methyl sites for hydroxylation is 1. The molecule has 1 aliphatic rings. The van der Waals surface area contributed by atoms with Crippen LogP contribution in [-0.2, 0) is 16.8 Å². The Bertz CT molecular complexity index is 696. The van der Waals surface area contributed by atoms with E-state index in [9.17, 15) is 14.7 Å². The van der Waals surface area contributed by atoms with Gasteiger partial charge in [-0.2, -0.15) is 0 Å². The van der Waals surface area contributed by atoms with E-state index < -0.39 is 11.5 Å². The van der Waals surface area contributed by atoms with Gasteiger partial charge in [0, 0.05) is 5.56 Å². The Morgan fingerprint density at radius 1 is 1.00 bits per heavy atom. The van der Waals surface area contributed by atoms with Crippen LogP contribution in [0.1, 0.15) is 27.9 Å². The summed E-state index contributed by atoms with van der Waals surface area (Å²) in [6.07, 6.45) is 1.03. The van der Waals surface area contributed by atoms with Gasteiger partial charge in [-0.15, -0.1) is 0 Å². The van der Waals surface area contributed by atoms with E-state index in [1.165, 1.54) is 0 Å². The van der Waals surface area contributed by atoms with Gasteiger partial charge >= 0.3 is 5.97 Å². The van der Waals surface area contributed by atoms with Crippen molar-refractivity contribution in [1.82, 2.24) is 5.32 Å². The maximum Gasteiger partial charge on any atom is 0.334 e. The van der Waals surface area contributed by atoms with Crippen molar-refractivity contribution in [2.75, 3.05) is 0 Å². The zero-order valence-electron chi connectivity index (χ0n) is 11.4. The van der Waals surface area contributed by atoms with E-state index in [1.54, 1.807) is 36.4 Å². The highest BCUT2D eigenvalue weighted by atomic mass is 16.4. The number of aliphatic carboxylic acids is 1. The molecule has 0 saturated heterocycles. The van der Waals surface area contributed by atoms with Crippen LogP contribution in [0.3, 0.4) is 0 Å². The smallest absolute Gasteiger partial charge is 0.334 e. The number of rotatable bonds is 3. The largest absolute Gasteiger partial charge is 0.479 e. The number of carboxylic acid groups (broad SMARTS) is 1. The number of amides is 1. The van der Waals surface area contributed by atoms with Gasteiger partial charge in [0.1, 0.15) is 0 Å². The molecule has 2 aromatic rings. The highest BCUT2D eigenvalue weighted by Gasteiger charge is 2.46. The fourth-order valence-electron chi connectivity index (χ4n) is 2.87. The molecule has 0 bridgehead atoms. The first-order chi connectivity index (χ1) is 10.1. The first-order valence-corrected chi connectivity index (χ1v) is 6.83. The average molecular weight is 281 g/mol. The van der Waals surface area contributed by atoms with Gasteiger partial charge in [-0.1, -0.05) is 42.5 Å². The van der Waals surface area contributed by atoms with Crippen LogP contribution in [0, 0.1) is 0 Å². The minimum atomic E-state index is -1.33. The second-order valence-electron chi connectivity index (χ2n) is 5.19. The van der Waals surface area contributed by atoms with Crippen LogP contribution in [0.2, 0.25) is 0 Å². The van der Waals surface area contributed by atoms with E-state index in [0.29, 0.717) is 24.0 Å². The maximum atomic E-state index is 12.3. The van der Waals surface area contributed by atoms with Crippen LogP contribution in [0.4, 0.5) is 0 Å². The minimum Gasteiger partial charge on any atom is -0.479 e. The van der Waals surface area contributed by atoms with Gasteiger partial charge < -0.3 is 10.4 Å². The molecule has 2 aromatic carbocycles. The summed E-state index contributed by atoms with van der Waals surface area (Å²) >= 11 is 0. The predicted octanol–water partition coefficient (Wildman–Crippen LogP) is 2.34. The van der Waals surface area contributed by atoms with E-state index >= 15 is 0 Å². The Hall–Kier alpha value is -2.62. The van der Waals surface area contributed by atoms with Crippen molar-refractivity contribution in [3.8, 4) is 0 Å². The molecule has 4 nitrogen and oxygen atoms in total. The molecular weight excluding hydrogens is 266 g/mol. The Balaban J connectivity index is 1.98. The van der Waals surface area contributed by atoms with Crippen LogP contribution in [0.25, 0.3) is 0 Å². The van der Waals surface area contributed by atoms with Crippen molar-refractivity contribution in [3.63, 3.8) is 0 Å². The van der Waals surface area contributed by atoms with Crippen molar-refractivity contribution >= 4 is 11.9 Å². The molecule has 1 amide bonds. The second kappa shape index (κ2) is 5.05. The fraction of sp³-hybridized carbons (Fsp3) is 0.176. The molecule has 1 unspecified atom stereocenters. The number of benzene rings is 2. The molecule has 21 heavy (non-hydrogen) atoms. The summed E-state index contributed by atoms with van der Waals surface area (Å²) in [5, 5.41) is 12.4. The lowest BCUT2D eigenvalue weighted by atomic mass is 9.91. The monoisotopic (exact) mass is 281 g/mol. The van der Waals surface area contributed by atoms with Gasteiger partial charge in [0.2, 0.25) is 0 Å². The fourth-order valence-corrected chi connectivity index (χ4v) is 2.87. The molecule has 3 rings (SSSR count). The number of fused-ring (bicyclic) bond motifs is 1. The van der Waals surface area contributed by atoms with E-state index in [2.05, 4.69) is 5.32 Å². The lowest BCUT2D eigenvalue weighted by Gasteiger charge is -2.27. The molecule has 106 valence electrons. The summed E-state index contributed by atoms with van der Waals surface area (Å²) in [4.78, 5) is 24.2. The standard InChI is InChI=1S/C17H15NO3/c19-15(13-7-2-1-3-8-13)18-17(16(20)21)11-10-12-6-4-5-9-14(12)17/h1-9H,10-11H2,(H,18,19)(H,20,21). The first kappa shape index (κ1) is 13.4. The van der Waals surface area contributed by atoms with Crippen LogP contribution in [0.15, 0.2) is 54.6 Å². The van der Waals surface area contributed by atoms with Crippen LogP contribution < -0.4 is 5.32 Å². The number of nitrogens with one attached hydrogen (secondary N) is 1. The summed E-state index contributed by atoms with van der Waals surface area (Å²) < 4.78 is 0. The van der Waals surface area contributed by atoms with Crippen molar-refractivity contribution in [2.45, 2.75) is 18.4 Å². The quantitative estimate of drug-likeness (QED) is 0.907.